The van der Waals surface area contributed by atoms with Crippen LogP contribution in [0.1, 0.15) is 73.2 Å². The van der Waals surface area contributed by atoms with E-state index in [0.717, 1.165) is 17.0 Å². The topological polar surface area (TPSA) is 102 Å². The minimum Gasteiger partial charge on any atom is -0.366 e. The monoisotopic (exact) mass is 450 g/mol. The van der Waals surface area contributed by atoms with Crippen molar-refractivity contribution in [1.82, 2.24) is 19.9 Å². The van der Waals surface area contributed by atoms with E-state index in [9.17, 15) is 14.9 Å². The van der Waals surface area contributed by atoms with Gasteiger partial charge in [0.25, 0.3) is 0 Å². The number of thiazole rings is 1. The molecule has 1 aliphatic heterocycles. The van der Waals surface area contributed by atoms with Crippen LogP contribution in [0, 0.1) is 28.5 Å². The van der Waals surface area contributed by atoms with Crippen molar-refractivity contribution in [3.8, 4) is 12.1 Å². The van der Waals surface area contributed by atoms with E-state index in [-0.39, 0.29) is 22.2 Å². The van der Waals surface area contributed by atoms with Crippen LogP contribution in [0.5, 0.6) is 0 Å². The van der Waals surface area contributed by atoms with E-state index in [2.05, 4.69) is 15.0 Å². The normalized spacial score (nSPS) is 28.7. The average Bonchev–Trinajstić information content (AvgIpc) is 3.36. The Kier molecular flexibility index (Phi) is 2.75. The SMILES string of the molecule is [2H]c1nc(N([2H])C2([2H])C([2H])([2H])CN(C([2H])c3cc(C#N)c(F)c(C#N)c3)CC2([2H])[2H])c2sc(C([2H])(C([2H])([2H])[2H])C([2H])([2H])[2H])nc2n1. The molecule has 0 aliphatic carbocycles. The number of benzene rings is 1. The summed E-state index contributed by atoms with van der Waals surface area (Å²) in [4.78, 5) is 12.2. The first kappa shape index (κ1) is 9.56. The van der Waals surface area contributed by atoms with Gasteiger partial charge in [0.15, 0.2) is 12.9 Å². The fourth-order valence-electron chi connectivity index (χ4n) is 2.73. The second kappa shape index (κ2) is 8.93. The summed E-state index contributed by atoms with van der Waals surface area (Å²) >= 11 is 0.255. The first-order valence-electron chi connectivity index (χ1n) is 16.1. The van der Waals surface area contributed by atoms with E-state index in [1.807, 2.05) is 0 Å². The van der Waals surface area contributed by atoms with Crippen LogP contribution in [0.25, 0.3) is 10.3 Å². The minimum absolute atomic E-state index is 0.0169. The molecule has 3 heterocycles. The maximum absolute atomic E-state index is 14.3. The van der Waals surface area contributed by atoms with Gasteiger partial charge in [0.05, 0.1) is 17.5 Å². The summed E-state index contributed by atoms with van der Waals surface area (Å²) in [6.07, 6.45) is -6.97. The number of piperidine rings is 1. The standard InChI is InChI=1S/C22H22FN7S/c1-13(2)22-29-21-19(31-22)20(26-12-27-21)28-17-3-5-30(6-4-17)11-14-7-15(9-24)18(23)16(8-14)10-25/h7-8,12-13,17H,3-6,11H2,1-2H3,(H,26,27,28)/i1D3,2D3,3D2,4D2,11D,12D,13D,17D/hD. The summed E-state index contributed by atoms with van der Waals surface area (Å²) in [5.41, 5.74) is -1.82. The van der Waals surface area contributed by atoms with E-state index in [1.54, 1.807) is 12.1 Å². The molecule has 4 rings (SSSR count). The minimum atomic E-state index is -3.46. The van der Waals surface area contributed by atoms with Crippen LogP contribution in [0.4, 0.5) is 10.2 Å². The van der Waals surface area contributed by atoms with Crippen molar-refractivity contribution < 1.29 is 25.0 Å². The van der Waals surface area contributed by atoms with Gasteiger partial charge in [-0.2, -0.15) is 10.5 Å². The molecule has 1 aromatic carbocycles. The molecule has 1 atom stereocenters. The molecule has 31 heavy (non-hydrogen) atoms. The Balaban J connectivity index is 1.82. The summed E-state index contributed by atoms with van der Waals surface area (Å²) in [6.45, 7) is -10.3. The number of likely N-dealkylation sites (tertiary alicyclic amines) is 1. The number of halogens is 1. The van der Waals surface area contributed by atoms with E-state index in [0.29, 0.717) is 0 Å². The van der Waals surface area contributed by atoms with E-state index >= 15 is 0 Å². The molecule has 3 aromatic rings. The highest BCUT2D eigenvalue weighted by atomic mass is 32.1. The van der Waals surface area contributed by atoms with Crippen molar-refractivity contribution >= 4 is 27.5 Å². The number of anilines is 1. The fraction of sp³-hybridized carbons (Fsp3) is 0.409. The lowest BCUT2D eigenvalue weighted by molar-refractivity contribution is 0.211. The highest BCUT2D eigenvalue weighted by Crippen LogP contribution is 2.31. The quantitative estimate of drug-likeness (QED) is 0.622. The number of nitrogens with one attached hydrogen (secondary N) is 1. The fourth-order valence-corrected chi connectivity index (χ4v) is 3.52. The Labute approximate surface area is 205 Å². The average molecular weight is 451 g/mol. The molecule has 0 radical (unpaired) electrons. The number of fused-ring (bicyclic) bond motifs is 1. The molecule has 1 aliphatic rings. The van der Waals surface area contributed by atoms with Crippen molar-refractivity contribution in [1.29, 1.82) is 10.5 Å². The highest BCUT2D eigenvalue weighted by molar-refractivity contribution is 7.19. The Morgan fingerprint density at radius 2 is 2.16 bits per heavy atom. The molecule has 1 fully saturated rings. The molecule has 7 nitrogen and oxygen atoms in total. The van der Waals surface area contributed by atoms with Gasteiger partial charge in [0, 0.05) is 48.0 Å². The van der Waals surface area contributed by atoms with Gasteiger partial charge < -0.3 is 5.31 Å². The van der Waals surface area contributed by atoms with Gasteiger partial charge in [-0.1, -0.05) is 13.7 Å². The number of aromatic nitrogens is 3. The zero-order valence-corrected chi connectivity index (χ0v) is 16.4. The Morgan fingerprint density at radius 3 is 2.81 bits per heavy atom. The first-order valence-corrected chi connectivity index (χ1v) is 9.44. The molecule has 9 heteroatoms. The number of nitriles is 2. The molecule has 0 bridgehead atoms. The molecule has 1 N–H and O–H groups in total. The van der Waals surface area contributed by atoms with Crippen molar-refractivity contribution in [2.45, 2.75) is 44.9 Å². The van der Waals surface area contributed by atoms with Crippen molar-refractivity contribution in [2.75, 3.05) is 18.4 Å². The van der Waals surface area contributed by atoms with Crippen LogP contribution >= 0.6 is 11.3 Å². The molecular weight excluding hydrogens is 413 g/mol. The first-order chi connectivity index (χ1) is 20.9. The highest BCUT2D eigenvalue weighted by Gasteiger charge is 2.22. The van der Waals surface area contributed by atoms with Gasteiger partial charge >= 0.3 is 0 Å². The maximum atomic E-state index is 14.3. The number of hydrogen-bond acceptors (Lipinski definition) is 8. The van der Waals surface area contributed by atoms with Crippen LogP contribution in [0.2, 0.25) is 1.41 Å². The summed E-state index contributed by atoms with van der Waals surface area (Å²) in [6, 6.07) is 1.80. The lowest BCUT2D eigenvalue weighted by atomic mass is 10.0. The molecule has 1 saturated heterocycles. The van der Waals surface area contributed by atoms with Gasteiger partial charge in [-0.05, 0) is 30.4 Å². The third-order valence-corrected chi connectivity index (χ3v) is 5.18. The largest absolute Gasteiger partial charge is 0.366 e. The van der Waals surface area contributed by atoms with E-state index in [1.165, 1.54) is 0 Å². The third kappa shape index (κ3) is 4.48. The lowest BCUT2D eigenvalue weighted by Gasteiger charge is -2.32. The summed E-state index contributed by atoms with van der Waals surface area (Å²) in [5, 5.41) is 17.7. The molecule has 0 spiro atoms. The maximum Gasteiger partial charge on any atom is 0.175 e. The van der Waals surface area contributed by atoms with Gasteiger partial charge in [0.2, 0.25) is 0 Å². The Hall–Kier alpha value is -3.14. The van der Waals surface area contributed by atoms with E-state index < -0.39 is 102 Å². The van der Waals surface area contributed by atoms with Crippen LogP contribution in [-0.4, -0.2) is 39.0 Å². The summed E-state index contributed by atoms with van der Waals surface area (Å²) < 4.78 is 138. The number of hydrogen-bond donors (Lipinski definition) is 1. The van der Waals surface area contributed by atoms with Crippen LogP contribution in [-0.2, 0) is 6.52 Å². The summed E-state index contributed by atoms with van der Waals surface area (Å²) in [7, 11) is 0. The van der Waals surface area contributed by atoms with E-state index in [4.69, 9.17) is 20.6 Å². The van der Waals surface area contributed by atoms with Crippen LogP contribution in [0.15, 0.2) is 18.4 Å². The van der Waals surface area contributed by atoms with Crippen LogP contribution in [0.3, 0.4) is 0 Å². The third-order valence-electron chi connectivity index (χ3n) is 4.12. The number of rotatable bonds is 5. The Morgan fingerprint density at radius 1 is 1.45 bits per heavy atom. The summed E-state index contributed by atoms with van der Waals surface area (Å²) in [5.74, 6) is -5.21. The molecule has 0 amide bonds. The predicted molar refractivity (Wildman–Crippen MR) is 117 cm³/mol. The zero-order chi connectivity index (χ0) is 35.0. The van der Waals surface area contributed by atoms with Gasteiger partial charge in [-0.15, -0.1) is 11.3 Å². The number of nitrogens with zero attached hydrogens (tertiary/aromatic N) is 6. The van der Waals surface area contributed by atoms with Crippen molar-refractivity contribution in [3.05, 3.63) is 46.0 Å². The van der Waals surface area contributed by atoms with Gasteiger partial charge in [-0.25, -0.2) is 19.3 Å². The molecule has 1 unspecified atom stereocenters. The predicted octanol–water partition coefficient (Wildman–Crippen LogP) is 4.17. The molecule has 158 valence electrons. The smallest absolute Gasteiger partial charge is 0.175 e. The lowest BCUT2D eigenvalue weighted by Crippen LogP contribution is -2.38. The van der Waals surface area contributed by atoms with Gasteiger partial charge in [-0.3, -0.25) is 4.90 Å². The molecular formula is C22H22FN7S. The second-order valence-electron chi connectivity index (χ2n) is 6.20. The molecule has 2 aromatic heterocycles. The van der Waals surface area contributed by atoms with Crippen LogP contribution < -0.4 is 5.31 Å². The van der Waals surface area contributed by atoms with Crippen molar-refractivity contribution in [2.24, 2.45) is 0 Å². The van der Waals surface area contributed by atoms with Crippen molar-refractivity contribution in [3.63, 3.8) is 0 Å². The zero-order valence-electron chi connectivity index (χ0n) is 30.6. The van der Waals surface area contributed by atoms with Gasteiger partial charge in [0.1, 0.15) is 30.3 Å². The second-order valence-corrected chi connectivity index (χ2v) is 7.19. The Bertz CT molecular complexity index is 1710. The molecule has 0 saturated carbocycles.